The van der Waals surface area contributed by atoms with Crippen molar-refractivity contribution in [2.24, 2.45) is 0 Å². The van der Waals surface area contributed by atoms with Gasteiger partial charge in [-0.1, -0.05) is 48.0 Å². The Morgan fingerprint density at radius 1 is 1.04 bits per heavy atom. The van der Waals surface area contributed by atoms with E-state index in [1.165, 1.54) is 22.4 Å². The van der Waals surface area contributed by atoms with Crippen LogP contribution in [0.15, 0.2) is 48.5 Å². The molecule has 0 radical (unpaired) electrons. The lowest BCUT2D eigenvalue weighted by molar-refractivity contribution is -0.129. The largest absolute Gasteiger partial charge is 0.382 e. The number of para-hydroxylation sites is 1. The van der Waals surface area contributed by atoms with Crippen LogP contribution in [0.3, 0.4) is 0 Å². The van der Waals surface area contributed by atoms with Gasteiger partial charge in [0.25, 0.3) is 0 Å². The van der Waals surface area contributed by atoms with Gasteiger partial charge in [0.2, 0.25) is 5.91 Å². The van der Waals surface area contributed by atoms with Crippen molar-refractivity contribution < 1.29 is 4.79 Å². The van der Waals surface area contributed by atoms with E-state index in [0.717, 1.165) is 25.9 Å². The van der Waals surface area contributed by atoms with Crippen LogP contribution < -0.4 is 5.32 Å². The van der Waals surface area contributed by atoms with Crippen molar-refractivity contribution in [1.82, 2.24) is 4.90 Å². The molecule has 0 unspecified atom stereocenters. The van der Waals surface area contributed by atoms with Crippen molar-refractivity contribution in [3.8, 4) is 11.1 Å². The summed E-state index contributed by atoms with van der Waals surface area (Å²) in [6, 6.07) is 17.5. The zero-order valence-corrected chi connectivity index (χ0v) is 13.9. The van der Waals surface area contributed by atoms with Gasteiger partial charge in [0.15, 0.2) is 0 Å². The van der Waals surface area contributed by atoms with Crippen LogP contribution in [-0.2, 0) is 4.79 Å². The van der Waals surface area contributed by atoms with Gasteiger partial charge >= 0.3 is 0 Å². The first-order valence-corrected chi connectivity index (χ1v) is 8.31. The lowest BCUT2D eigenvalue weighted by Crippen LogP contribution is -2.41. The summed E-state index contributed by atoms with van der Waals surface area (Å²) in [6.07, 6.45) is 2.00. The van der Waals surface area contributed by atoms with Crippen molar-refractivity contribution in [3.05, 3.63) is 54.1 Å². The van der Waals surface area contributed by atoms with Crippen molar-refractivity contribution in [3.63, 3.8) is 0 Å². The number of carbonyl (C=O) groups excluding carboxylic acids is 1. The molecule has 2 aromatic carbocycles. The lowest BCUT2D eigenvalue weighted by Gasteiger charge is -2.32. The number of aryl methyl sites for hydroxylation is 1. The average Bonchev–Trinajstić information content (AvgIpc) is 2.57. The van der Waals surface area contributed by atoms with E-state index in [-0.39, 0.29) is 5.91 Å². The molecule has 2 aromatic rings. The van der Waals surface area contributed by atoms with Gasteiger partial charge in [-0.15, -0.1) is 0 Å². The minimum absolute atomic E-state index is 0.184. The molecular weight excluding hydrogens is 284 g/mol. The Morgan fingerprint density at radius 2 is 1.70 bits per heavy atom. The second-order valence-corrected chi connectivity index (χ2v) is 6.34. The van der Waals surface area contributed by atoms with Gasteiger partial charge < -0.3 is 10.2 Å². The molecule has 120 valence electrons. The van der Waals surface area contributed by atoms with E-state index in [0.29, 0.717) is 6.04 Å². The Hall–Kier alpha value is -2.29. The number of nitrogens with one attached hydrogen (secondary N) is 1. The second kappa shape index (κ2) is 6.86. The summed E-state index contributed by atoms with van der Waals surface area (Å²) in [5.74, 6) is 0.184. The molecule has 1 saturated heterocycles. The van der Waals surface area contributed by atoms with Crippen LogP contribution in [0, 0.1) is 6.92 Å². The molecule has 3 heteroatoms. The monoisotopic (exact) mass is 308 g/mol. The zero-order chi connectivity index (χ0) is 16.2. The van der Waals surface area contributed by atoms with E-state index < -0.39 is 0 Å². The third kappa shape index (κ3) is 3.73. The SMILES string of the molecule is CC(=O)N1CCC(Nc2ccccc2-c2ccc(C)cc2)CC1. The Balaban J connectivity index is 1.74. The van der Waals surface area contributed by atoms with Gasteiger partial charge in [-0.2, -0.15) is 0 Å². The van der Waals surface area contributed by atoms with Gasteiger partial charge in [0.1, 0.15) is 0 Å². The molecule has 0 aromatic heterocycles. The molecule has 1 N–H and O–H groups in total. The third-order valence-corrected chi connectivity index (χ3v) is 4.59. The Morgan fingerprint density at radius 3 is 2.35 bits per heavy atom. The zero-order valence-electron chi connectivity index (χ0n) is 13.9. The molecule has 0 atom stereocenters. The van der Waals surface area contributed by atoms with Crippen molar-refractivity contribution in [2.75, 3.05) is 18.4 Å². The highest BCUT2D eigenvalue weighted by Crippen LogP contribution is 2.29. The van der Waals surface area contributed by atoms with E-state index in [9.17, 15) is 4.79 Å². The van der Waals surface area contributed by atoms with Crippen molar-refractivity contribution >= 4 is 11.6 Å². The molecular formula is C20H24N2O. The van der Waals surface area contributed by atoms with Crippen LogP contribution in [0.5, 0.6) is 0 Å². The number of carbonyl (C=O) groups is 1. The summed E-state index contributed by atoms with van der Waals surface area (Å²) >= 11 is 0. The summed E-state index contributed by atoms with van der Waals surface area (Å²) in [6.45, 7) is 5.45. The van der Waals surface area contributed by atoms with Crippen LogP contribution in [0.4, 0.5) is 5.69 Å². The number of hydrogen-bond acceptors (Lipinski definition) is 2. The number of likely N-dealkylation sites (tertiary alicyclic amines) is 1. The average molecular weight is 308 g/mol. The fourth-order valence-electron chi connectivity index (χ4n) is 3.15. The topological polar surface area (TPSA) is 32.3 Å². The number of hydrogen-bond donors (Lipinski definition) is 1. The second-order valence-electron chi connectivity index (χ2n) is 6.34. The van der Waals surface area contributed by atoms with E-state index in [1.807, 2.05) is 4.90 Å². The van der Waals surface area contributed by atoms with Crippen LogP contribution >= 0.6 is 0 Å². The summed E-state index contributed by atoms with van der Waals surface area (Å²) in [5, 5.41) is 3.68. The number of piperidine rings is 1. The molecule has 1 fully saturated rings. The van der Waals surface area contributed by atoms with E-state index >= 15 is 0 Å². The number of rotatable bonds is 3. The summed E-state index contributed by atoms with van der Waals surface area (Å²) in [4.78, 5) is 13.4. The molecule has 1 amide bonds. The van der Waals surface area contributed by atoms with E-state index in [2.05, 4.69) is 60.8 Å². The maximum atomic E-state index is 11.4. The lowest BCUT2D eigenvalue weighted by atomic mass is 10.00. The smallest absolute Gasteiger partial charge is 0.219 e. The van der Waals surface area contributed by atoms with E-state index in [1.54, 1.807) is 6.92 Å². The highest BCUT2D eigenvalue weighted by atomic mass is 16.2. The molecule has 23 heavy (non-hydrogen) atoms. The van der Waals surface area contributed by atoms with Gasteiger partial charge in [-0.25, -0.2) is 0 Å². The predicted molar refractivity (Wildman–Crippen MR) is 95.5 cm³/mol. The van der Waals surface area contributed by atoms with Gasteiger partial charge in [-0.3, -0.25) is 4.79 Å². The van der Waals surface area contributed by atoms with Gasteiger partial charge in [0.05, 0.1) is 0 Å². The fraction of sp³-hybridized carbons (Fsp3) is 0.350. The number of nitrogens with zero attached hydrogens (tertiary/aromatic N) is 1. The van der Waals surface area contributed by atoms with Crippen LogP contribution in [0.1, 0.15) is 25.3 Å². The van der Waals surface area contributed by atoms with Crippen LogP contribution in [0.2, 0.25) is 0 Å². The number of benzene rings is 2. The molecule has 0 aliphatic carbocycles. The predicted octanol–water partition coefficient (Wildman–Crippen LogP) is 4.08. The standard InChI is InChI=1S/C20H24N2O/c1-15-7-9-17(10-8-15)19-5-3-4-6-20(19)21-18-11-13-22(14-12-18)16(2)23/h3-10,18,21H,11-14H2,1-2H3. The highest BCUT2D eigenvalue weighted by molar-refractivity contribution is 5.78. The minimum Gasteiger partial charge on any atom is -0.382 e. The maximum absolute atomic E-state index is 11.4. The Labute approximate surface area is 138 Å². The normalized spacial score (nSPS) is 15.5. The fourth-order valence-corrected chi connectivity index (χ4v) is 3.15. The molecule has 3 nitrogen and oxygen atoms in total. The molecule has 0 bridgehead atoms. The Bertz CT molecular complexity index is 670. The maximum Gasteiger partial charge on any atom is 0.219 e. The quantitative estimate of drug-likeness (QED) is 0.926. The number of anilines is 1. The molecule has 1 heterocycles. The number of amides is 1. The molecule has 0 saturated carbocycles. The first-order valence-electron chi connectivity index (χ1n) is 8.31. The third-order valence-electron chi connectivity index (χ3n) is 4.59. The Kier molecular flexibility index (Phi) is 4.65. The first-order chi connectivity index (χ1) is 11.1. The first kappa shape index (κ1) is 15.6. The van der Waals surface area contributed by atoms with Crippen molar-refractivity contribution in [2.45, 2.75) is 32.7 Å². The summed E-state index contributed by atoms with van der Waals surface area (Å²) in [5.41, 5.74) is 4.93. The van der Waals surface area contributed by atoms with Crippen LogP contribution in [0.25, 0.3) is 11.1 Å². The molecule has 3 rings (SSSR count). The highest BCUT2D eigenvalue weighted by Gasteiger charge is 2.21. The van der Waals surface area contributed by atoms with Gasteiger partial charge in [0, 0.05) is 37.3 Å². The molecule has 1 aliphatic heterocycles. The molecule has 0 spiro atoms. The van der Waals surface area contributed by atoms with Crippen molar-refractivity contribution in [1.29, 1.82) is 0 Å². The van der Waals surface area contributed by atoms with E-state index in [4.69, 9.17) is 0 Å². The minimum atomic E-state index is 0.184. The van der Waals surface area contributed by atoms with Crippen LogP contribution in [-0.4, -0.2) is 29.9 Å². The molecule has 1 aliphatic rings. The summed E-state index contributed by atoms with van der Waals surface area (Å²) in [7, 11) is 0. The summed E-state index contributed by atoms with van der Waals surface area (Å²) < 4.78 is 0. The van der Waals surface area contributed by atoms with Gasteiger partial charge in [-0.05, 0) is 31.4 Å².